The number of hydrogen-bond donors (Lipinski definition) is 2. The molecule has 1 aromatic carbocycles. The molecule has 0 aliphatic rings. The zero-order valence-electron chi connectivity index (χ0n) is 8.43. The lowest BCUT2D eigenvalue weighted by Crippen LogP contribution is -2.10. The van der Waals surface area contributed by atoms with Crippen LogP contribution in [0.25, 0.3) is 0 Å². The van der Waals surface area contributed by atoms with Crippen molar-refractivity contribution >= 4 is 23.2 Å². The summed E-state index contributed by atoms with van der Waals surface area (Å²) in [7, 11) is 0. The molecule has 0 spiro atoms. The zero-order chi connectivity index (χ0) is 11.6. The van der Waals surface area contributed by atoms with Crippen molar-refractivity contribution in [3.63, 3.8) is 0 Å². The summed E-state index contributed by atoms with van der Waals surface area (Å²) in [5, 5.41) is 9.81. The van der Waals surface area contributed by atoms with E-state index in [2.05, 4.69) is 6.58 Å². The fourth-order valence-corrected chi connectivity index (χ4v) is 1.80. The van der Waals surface area contributed by atoms with Crippen molar-refractivity contribution in [1.82, 2.24) is 0 Å². The highest BCUT2D eigenvalue weighted by molar-refractivity contribution is 6.37. The first kappa shape index (κ1) is 12.4. The van der Waals surface area contributed by atoms with Crippen molar-refractivity contribution in [3.8, 4) is 5.75 Å². The van der Waals surface area contributed by atoms with Crippen LogP contribution in [0.5, 0.6) is 5.75 Å². The van der Waals surface area contributed by atoms with E-state index in [-0.39, 0.29) is 21.8 Å². The van der Waals surface area contributed by atoms with Crippen LogP contribution >= 0.6 is 23.2 Å². The summed E-state index contributed by atoms with van der Waals surface area (Å²) in [6.45, 7) is 5.69. The fourth-order valence-electron chi connectivity index (χ4n) is 1.29. The first-order valence-corrected chi connectivity index (χ1v) is 5.25. The van der Waals surface area contributed by atoms with Gasteiger partial charge in [-0.2, -0.15) is 0 Å². The van der Waals surface area contributed by atoms with Gasteiger partial charge in [-0.05, 0) is 31.0 Å². The van der Waals surface area contributed by atoms with Gasteiger partial charge >= 0.3 is 0 Å². The molecule has 4 heteroatoms. The molecule has 3 N–H and O–H groups in total. The van der Waals surface area contributed by atoms with Crippen molar-refractivity contribution in [2.24, 2.45) is 5.73 Å². The number of rotatable bonds is 3. The summed E-state index contributed by atoms with van der Waals surface area (Å²) < 4.78 is 0. The van der Waals surface area contributed by atoms with Crippen LogP contribution in [0.2, 0.25) is 10.0 Å². The van der Waals surface area contributed by atoms with E-state index in [1.165, 1.54) is 0 Å². The molecule has 1 aromatic rings. The molecule has 0 aliphatic carbocycles. The van der Waals surface area contributed by atoms with E-state index in [9.17, 15) is 5.11 Å². The minimum Gasteiger partial charge on any atom is -0.505 e. The Morgan fingerprint density at radius 3 is 2.33 bits per heavy atom. The third kappa shape index (κ3) is 3.13. The van der Waals surface area contributed by atoms with Crippen molar-refractivity contribution in [3.05, 3.63) is 39.9 Å². The second kappa shape index (κ2) is 4.88. The SMILES string of the molecule is C=C(C)C[C@H](N)c1cc(Cl)c(O)c(Cl)c1. The Labute approximate surface area is 99.3 Å². The molecule has 1 rings (SSSR count). The normalized spacial score (nSPS) is 12.5. The Kier molecular flexibility index (Phi) is 4.03. The molecule has 0 aromatic heterocycles. The van der Waals surface area contributed by atoms with Crippen LogP contribution < -0.4 is 5.73 Å². The second-order valence-corrected chi connectivity index (χ2v) is 4.42. The number of phenolic OH excluding ortho intramolecular Hbond substituents is 1. The van der Waals surface area contributed by atoms with E-state index in [1.807, 2.05) is 6.92 Å². The van der Waals surface area contributed by atoms with E-state index in [0.29, 0.717) is 6.42 Å². The highest BCUT2D eigenvalue weighted by Crippen LogP contribution is 2.35. The average Bonchev–Trinajstić information content (AvgIpc) is 2.12. The minimum atomic E-state index is -0.196. The molecule has 0 bridgehead atoms. The van der Waals surface area contributed by atoms with E-state index >= 15 is 0 Å². The number of nitrogens with two attached hydrogens (primary N) is 1. The van der Waals surface area contributed by atoms with Crippen LogP contribution in [-0.4, -0.2) is 5.11 Å². The predicted molar refractivity (Wildman–Crippen MR) is 64.5 cm³/mol. The van der Waals surface area contributed by atoms with Gasteiger partial charge in [0.25, 0.3) is 0 Å². The molecule has 0 saturated carbocycles. The van der Waals surface area contributed by atoms with Gasteiger partial charge in [0.2, 0.25) is 0 Å². The smallest absolute Gasteiger partial charge is 0.152 e. The minimum absolute atomic E-state index is 0.107. The summed E-state index contributed by atoms with van der Waals surface area (Å²) in [6, 6.07) is 3.05. The van der Waals surface area contributed by atoms with Gasteiger partial charge in [0.05, 0.1) is 10.0 Å². The molecule has 0 unspecified atom stereocenters. The quantitative estimate of drug-likeness (QED) is 0.799. The van der Waals surface area contributed by atoms with Gasteiger partial charge in [0.15, 0.2) is 5.75 Å². The monoisotopic (exact) mass is 245 g/mol. The van der Waals surface area contributed by atoms with Gasteiger partial charge in [0.1, 0.15) is 0 Å². The maximum atomic E-state index is 9.37. The average molecular weight is 246 g/mol. The van der Waals surface area contributed by atoms with Gasteiger partial charge in [0, 0.05) is 6.04 Å². The predicted octanol–water partition coefficient (Wildman–Crippen LogP) is 3.67. The largest absolute Gasteiger partial charge is 0.505 e. The Hall–Kier alpha value is -0.700. The van der Waals surface area contributed by atoms with Crippen LogP contribution in [-0.2, 0) is 0 Å². The van der Waals surface area contributed by atoms with Crippen molar-refractivity contribution in [2.75, 3.05) is 0 Å². The molecule has 0 radical (unpaired) electrons. The van der Waals surface area contributed by atoms with Gasteiger partial charge < -0.3 is 10.8 Å². The third-order valence-corrected chi connectivity index (χ3v) is 2.61. The van der Waals surface area contributed by atoms with Gasteiger partial charge in [-0.1, -0.05) is 28.8 Å². The van der Waals surface area contributed by atoms with Gasteiger partial charge in [-0.3, -0.25) is 0 Å². The number of aromatic hydroxyl groups is 1. The van der Waals surface area contributed by atoms with Crippen LogP contribution in [0.4, 0.5) is 0 Å². The molecule has 0 fully saturated rings. The number of phenols is 1. The zero-order valence-corrected chi connectivity index (χ0v) is 9.94. The highest BCUT2D eigenvalue weighted by Gasteiger charge is 2.11. The molecule has 15 heavy (non-hydrogen) atoms. The second-order valence-electron chi connectivity index (χ2n) is 3.60. The Morgan fingerprint density at radius 1 is 1.47 bits per heavy atom. The van der Waals surface area contributed by atoms with E-state index < -0.39 is 0 Å². The number of benzene rings is 1. The molecule has 0 aliphatic heterocycles. The Balaban J connectivity index is 3.00. The first-order chi connectivity index (χ1) is 6.91. The molecule has 0 saturated heterocycles. The molecule has 1 atom stereocenters. The Bertz CT molecular complexity index is 367. The lowest BCUT2D eigenvalue weighted by molar-refractivity contribution is 0.475. The fraction of sp³-hybridized carbons (Fsp3) is 0.273. The van der Waals surface area contributed by atoms with Crippen LogP contribution in [0.15, 0.2) is 24.3 Å². The number of hydrogen-bond acceptors (Lipinski definition) is 2. The highest BCUT2D eigenvalue weighted by atomic mass is 35.5. The molecular formula is C11H13Cl2NO. The lowest BCUT2D eigenvalue weighted by Gasteiger charge is -2.13. The standard InChI is InChI=1S/C11H13Cl2NO/c1-6(2)3-10(14)7-4-8(12)11(15)9(13)5-7/h4-5,10,15H,1,3,14H2,2H3/t10-/m0/s1. The van der Waals surface area contributed by atoms with Crippen molar-refractivity contribution in [2.45, 2.75) is 19.4 Å². The molecule has 0 amide bonds. The lowest BCUT2D eigenvalue weighted by atomic mass is 10.0. The number of halogens is 2. The first-order valence-electron chi connectivity index (χ1n) is 4.49. The van der Waals surface area contributed by atoms with Crippen molar-refractivity contribution in [1.29, 1.82) is 0 Å². The third-order valence-electron chi connectivity index (χ3n) is 2.04. The molecule has 0 heterocycles. The molecular weight excluding hydrogens is 233 g/mol. The summed E-state index contributed by atoms with van der Waals surface area (Å²) in [6.07, 6.45) is 0.664. The van der Waals surface area contributed by atoms with Gasteiger partial charge in [-0.25, -0.2) is 0 Å². The van der Waals surface area contributed by atoms with E-state index in [1.54, 1.807) is 12.1 Å². The van der Waals surface area contributed by atoms with E-state index in [0.717, 1.165) is 11.1 Å². The summed E-state index contributed by atoms with van der Waals surface area (Å²) >= 11 is 11.6. The van der Waals surface area contributed by atoms with Crippen molar-refractivity contribution < 1.29 is 5.11 Å². The van der Waals surface area contributed by atoms with Crippen LogP contribution in [0.3, 0.4) is 0 Å². The van der Waals surface area contributed by atoms with E-state index in [4.69, 9.17) is 28.9 Å². The summed E-state index contributed by atoms with van der Waals surface area (Å²) in [5.41, 5.74) is 7.71. The molecule has 2 nitrogen and oxygen atoms in total. The summed E-state index contributed by atoms with van der Waals surface area (Å²) in [4.78, 5) is 0. The van der Waals surface area contributed by atoms with Crippen LogP contribution in [0, 0.1) is 0 Å². The maximum Gasteiger partial charge on any atom is 0.152 e. The molecule has 82 valence electrons. The Morgan fingerprint density at radius 2 is 1.93 bits per heavy atom. The summed E-state index contributed by atoms with van der Waals surface area (Å²) in [5.74, 6) is -0.107. The maximum absolute atomic E-state index is 9.37. The van der Waals surface area contributed by atoms with Gasteiger partial charge in [-0.15, -0.1) is 6.58 Å². The van der Waals surface area contributed by atoms with Crippen LogP contribution in [0.1, 0.15) is 24.9 Å². The topological polar surface area (TPSA) is 46.2 Å².